The Hall–Kier alpha value is -3.54. The maximum atomic E-state index is 13.1. The van der Waals surface area contributed by atoms with Crippen molar-refractivity contribution in [2.45, 2.75) is 13.8 Å². The summed E-state index contributed by atoms with van der Waals surface area (Å²) in [4.78, 5) is 18.6. The van der Waals surface area contributed by atoms with Crippen LogP contribution in [0.4, 0.5) is 4.39 Å². The fraction of sp³-hybridized carbons (Fsp3) is 0.0952. The van der Waals surface area contributed by atoms with Crippen molar-refractivity contribution in [2.24, 2.45) is 0 Å². The molecule has 0 saturated carbocycles. The minimum Gasteiger partial charge on any atom is -0.475 e. The van der Waals surface area contributed by atoms with Gasteiger partial charge in [-0.05, 0) is 61.4 Å². The van der Waals surface area contributed by atoms with Crippen LogP contribution < -0.4 is 0 Å². The summed E-state index contributed by atoms with van der Waals surface area (Å²) >= 11 is 0. The van der Waals surface area contributed by atoms with Crippen molar-refractivity contribution in [3.05, 3.63) is 89.9 Å². The number of fused-ring (bicyclic) bond motifs is 1. The van der Waals surface area contributed by atoms with Crippen LogP contribution in [0, 0.1) is 19.7 Å². The molecule has 0 atom stereocenters. The number of aryl methyl sites for hydroxylation is 2. The van der Waals surface area contributed by atoms with Crippen molar-refractivity contribution in [1.29, 1.82) is 0 Å². The Balaban J connectivity index is 0.000000159. The van der Waals surface area contributed by atoms with Crippen LogP contribution in [0.1, 0.15) is 21.7 Å². The molecule has 0 aliphatic carbocycles. The molecule has 4 rings (SSSR count). The zero-order valence-electron chi connectivity index (χ0n) is 14.9. The third-order valence-corrected chi connectivity index (χ3v) is 4.07. The second-order valence-electron chi connectivity index (χ2n) is 6.02. The second-order valence-corrected chi connectivity index (χ2v) is 6.02. The molecular weight excluding hydrogens is 345 g/mol. The summed E-state index contributed by atoms with van der Waals surface area (Å²) in [6, 6.07) is 14.4. The summed E-state index contributed by atoms with van der Waals surface area (Å²) in [6.07, 6.45) is 4.95. The molecule has 1 aromatic carbocycles. The standard InChI is InChI=1S/C13H12FN.C8H6N2O2/c1-9-4-3-7-15-13(9)11-5-6-12(14)10(2)8-11;11-8(12)7-9-5-6-3-1-2-4-10(6)7/h3-8H,1-2H3;1-5H,(H,11,12). The summed E-state index contributed by atoms with van der Waals surface area (Å²) in [5.41, 5.74) is 4.42. The molecule has 0 bridgehead atoms. The SMILES string of the molecule is Cc1cc(-c2ncccc2C)ccc1F.O=C(O)c1ncc2ccccn12. The van der Waals surface area contributed by atoms with Gasteiger partial charge in [0.25, 0.3) is 0 Å². The van der Waals surface area contributed by atoms with Gasteiger partial charge in [0.1, 0.15) is 5.82 Å². The van der Waals surface area contributed by atoms with Crippen LogP contribution in [-0.4, -0.2) is 25.4 Å². The lowest BCUT2D eigenvalue weighted by Gasteiger charge is -2.05. The number of aromatic carboxylic acids is 1. The Bertz CT molecular complexity index is 1110. The highest BCUT2D eigenvalue weighted by molar-refractivity contribution is 5.84. The van der Waals surface area contributed by atoms with Gasteiger partial charge in [-0.2, -0.15) is 0 Å². The summed E-state index contributed by atoms with van der Waals surface area (Å²) in [5.74, 6) is -1.14. The molecule has 3 heterocycles. The van der Waals surface area contributed by atoms with Crippen LogP contribution in [0.25, 0.3) is 16.8 Å². The van der Waals surface area contributed by atoms with Crippen LogP contribution in [0.3, 0.4) is 0 Å². The molecule has 0 fully saturated rings. The molecule has 0 radical (unpaired) electrons. The predicted molar refractivity (Wildman–Crippen MR) is 101 cm³/mol. The first-order chi connectivity index (χ1) is 13.0. The fourth-order valence-corrected chi connectivity index (χ4v) is 2.68. The van der Waals surface area contributed by atoms with Gasteiger partial charge < -0.3 is 5.11 Å². The third-order valence-electron chi connectivity index (χ3n) is 4.07. The van der Waals surface area contributed by atoms with Gasteiger partial charge in [0.2, 0.25) is 5.82 Å². The average molecular weight is 363 g/mol. The quantitative estimate of drug-likeness (QED) is 0.568. The number of aromatic nitrogens is 3. The van der Waals surface area contributed by atoms with E-state index in [1.54, 1.807) is 37.5 Å². The largest absolute Gasteiger partial charge is 0.475 e. The molecular formula is C21H18FN3O2. The van der Waals surface area contributed by atoms with Crippen LogP contribution >= 0.6 is 0 Å². The number of nitrogens with zero attached hydrogens (tertiary/aromatic N) is 3. The monoisotopic (exact) mass is 363 g/mol. The molecule has 0 unspecified atom stereocenters. The van der Waals surface area contributed by atoms with E-state index in [0.717, 1.165) is 22.3 Å². The highest BCUT2D eigenvalue weighted by Crippen LogP contribution is 2.22. The number of pyridine rings is 2. The van der Waals surface area contributed by atoms with Gasteiger partial charge in [0, 0.05) is 18.0 Å². The molecule has 0 amide bonds. The van der Waals surface area contributed by atoms with Crippen molar-refractivity contribution in [3.8, 4) is 11.3 Å². The fourth-order valence-electron chi connectivity index (χ4n) is 2.68. The number of hydrogen-bond acceptors (Lipinski definition) is 3. The van der Waals surface area contributed by atoms with E-state index in [4.69, 9.17) is 5.11 Å². The van der Waals surface area contributed by atoms with E-state index in [9.17, 15) is 9.18 Å². The molecule has 3 aromatic heterocycles. The Morgan fingerprint density at radius 3 is 2.56 bits per heavy atom. The van der Waals surface area contributed by atoms with Crippen molar-refractivity contribution < 1.29 is 14.3 Å². The number of benzene rings is 1. The molecule has 136 valence electrons. The number of rotatable bonds is 2. The minimum atomic E-state index is -1.01. The van der Waals surface area contributed by atoms with Gasteiger partial charge in [-0.3, -0.25) is 9.38 Å². The van der Waals surface area contributed by atoms with Crippen molar-refractivity contribution in [3.63, 3.8) is 0 Å². The van der Waals surface area contributed by atoms with Crippen LogP contribution in [-0.2, 0) is 0 Å². The smallest absolute Gasteiger partial charge is 0.372 e. The summed E-state index contributed by atoms with van der Waals surface area (Å²) in [7, 11) is 0. The lowest BCUT2D eigenvalue weighted by Crippen LogP contribution is -2.02. The molecule has 0 aliphatic heterocycles. The van der Waals surface area contributed by atoms with Gasteiger partial charge in [-0.25, -0.2) is 14.2 Å². The van der Waals surface area contributed by atoms with Gasteiger partial charge in [0.15, 0.2) is 0 Å². The van der Waals surface area contributed by atoms with E-state index in [1.807, 2.05) is 31.2 Å². The van der Waals surface area contributed by atoms with Crippen molar-refractivity contribution >= 4 is 11.5 Å². The maximum absolute atomic E-state index is 13.1. The van der Waals surface area contributed by atoms with Gasteiger partial charge in [-0.1, -0.05) is 12.1 Å². The number of carbonyl (C=O) groups is 1. The molecule has 6 heteroatoms. The van der Waals surface area contributed by atoms with E-state index < -0.39 is 5.97 Å². The van der Waals surface area contributed by atoms with Crippen LogP contribution in [0.15, 0.2) is 67.1 Å². The van der Waals surface area contributed by atoms with E-state index in [1.165, 1.54) is 16.7 Å². The predicted octanol–water partition coefficient (Wildman–Crippen LogP) is 4.54. The van der Waals surface area contributed by atoms with E-state index in [2.05, 4.69) is 9.97 Å². The Morgan fingerprint density at radius 1 is 1.04 bits per heavy atom. The molecule has 1 N–H and O–H groups in total. The first-order valence-electron chi connectivity index (χ1n) is 8.31. The van der Waals surface area contributed by atoms with Gasteiger partial charge in [-0.15, -0.1) is 0 Å². The third kappa shape index (κ3) is 4.00. The van der Waals surface area contributed by atoms with E-state index in [-0.39, 0.29) is 11.6 Å². The Morgan fingerprint density at radius 2 is 1.85 bits per heavy atom. The molecule has 27 heavy (non-hydrogen) atoms. The molecule has 0 spiro atoms. The normalized spacial score (nSPS) is 10.3. The molecule has 0 aliphatic rings. The molecule has 0 saturated heterocycles. The summed E-state index contributed by atoms with van der Waals surface area (Å²) < 4.78 is 14.6. The maximum Gasteiger partial charge on any atom is 0.372 e. The van der Waals surface area contributed by atoms with Gasteiger partial charge in [0.05, 0.1) is 17.4 Å². The summed E-state index contributed by atoms with van der Waals surface area (Å²) in [6.45, 7) is 3.76. The Kier molecular flexibility index (Phi) is 5.26. The second kappa shape index (κ2) is 7.78. The first kappa shape index (κ1) is 18.3. The minimum absolute atomic E-state index is 0.0469. The number of hydrogen-bond donors (Lipinski definition) is 1. The van der Waals surface area contributed by atoms with Crippen LogP contribution in [0.2, 0.25) is 0 Å². The molecule has 4 aromatic rings. The highest BCUT2D eigenvalue weighted by atomic mass is 19.1. The topological polar surface area (TPSA) is 67.5 Å². The zero-order valence-corrected chi connectivity index (χ0v) is 14.9. The van der Waals surface area contributed by atoms with E-state index >= 15 is 0 Å². The Labute approximate surface area is 155 Å². The lowest BCUT2D eigenvalue weighted by atomic mass is 10.0. The van der Waals surface area contributed by atoms with Crippen LogP contribution in [0.5, 0.6) is 0 Å². The van der Waals surface area contributed by atoms with Gasteiger partial charge >= 0.3 is 5.97 Å². The number of carboxylic acid groups (broad SMARTS) is 1. The molecule has 5 nitrogen and oxygen atoms in total. The first-order valence-corrected chi connectivity index (χ1v) is 8.31. The highest BCUT2D eigenvalue weighted by Gasteiger charge is 2.09. The lowest BCUT2D eigenvalue weighted by molar-refractivity contribution is 0.0683. The van der Waals surface area contributed by atoms with Crippen molar-refractivity contribution in [1.82, 2.24) is 14.4 Å². The van der Waals surface area contributed by atoms with E-state index in [0.29, 0.717) is 5.56 Å². The summed E-state index contributed by atoms with van der Waals surface area (Å²) in [5, 5.41) is 8.69. The average Bonchev–Trinajstić information content (AvgIpc) is 3.09. The van der Waals surface area contributed by atoms with Crippen molar-refractivity contribution in [2.75, 3.05) is 0 Å². The number of carboxylic acids is 1. The zero-order chi connectivity index (χ0) is 19.4. The number of halogens is 1. The number of imidazole rings is 1.